The van der Waals surface area contributed by atoms with Crippen LogP contribution in [0.25, 0.3) is 0 Å². The lowest BCUT2D eigenvalue weighted by molar-refractivity contribution is 0.298. The third-order valence-corrected chi connectivity index (χ3v) is 3.31. The summed E-state index contributed by atoms with van der Waals surface area (Å²) in [5, 5.41) is 0. The number of hydrogen-bond acceptors (Lipinski definition) is 2. The summed E-state index contributed by atoms with van der Waals surface area (Å²) in [5.41, 5.74) is 8.66. The molecule has 0 radical (unpaired) electrons. The normalized spacial score (nSPS) is 12.2. The Morgan fingerprint density at radius 3 is 2.65 bits per heavy atom. The molecule has 0 saturated carbocycles. The molecule has 0 spiro atoms. The highest BCUT2D eigenvalue weighted by molar-refractivity contribution is 5.28. The minimum absolute atomic E-state index is 0.211. The number of halogens is 1. The van der Waals surface area contributed by atoms with Crippen LogP contribution in [-0.2, 0) is 0 Å². The Bertz CT molecular complexity index is 583. The van der Waals surface area contributed by atoms with Crippen molar-refractivity contribution in [1.82, 2.24) is 0 Å². The third-order valence-electron chi connectivity index (χ3n) is 3.31. The maximum Gasteiger partial charge on any atom is 0.126 e. The van der Waals surface area contributed by atoms with Crippen molar-refractivity contribution in [3.8, 4) is 5.75 Å². The van der Waals surface area contributed by atoms with Crippen molar-refractivity contribution in [2.45, 2.75) is 26.3 Å². The first-order chi connectivity index (χ1) is 9.56. The molecule has 1 unspecified atom stereocenters. The molecule has 0 heterocycles. The third kappa shape index (κ3) is 3.81. The molecule has 2 nitrogen and oxygen atoms in total. The van der Waals surface area contributed by atoms with E-state index < -0.39 is 0 Å². The van der Waals surface area contributed by atoms with Crippen molar-refractivity contribution < 1.29 is 9.13 Å². The van der Waals surface area contributed by atoms with Gasteiger partial charge in [0.15, 0.2) is 0 Å². The minimum Gasteiger partial charge on any atom is -0.494 e. The van der Waals surface area contributed by atoms with Crippen LogP contribution in [0, 0.1) is 19.7 Å². The Morgan fingerprint density at radius 2 is 1.95 bits per heavy atom. The molecule has 0 saturated heterocycles. The van der Waals surface area contributed by atoms with Crippen molar-refractivity contribution >= 4 is 0 Å². The van der Waals surface area contributed by atoms with E-state index in [-0.39, 0.29) is 11.9 Å². The van der Waals surface area contributed by atoms with Gasteiger partial charge in [0.05, 0.1) is 6.61 Å². The van der Waals surface area contributed by atoms with Gasteiger partial charge in [-0.15, -0.1) is 0 Å². The van der Waals surface area contributed by atoms with E-state index in [9.17, 15) is 4.39 Å². The number of rotatable bonds is 5. The lowest BCUT2D eigenvalue weighted by Crippen LogP contribution is -2.14. The van der Waals surface area contributed by atoms with Crippen molar-refractivity contribution in [3.05, 3.63) is 65.0 Å². The Balaban J connectivity index is 1.88. The van der Waals surface area contributed by atoms with Crippen LogP contribution in [0.5, 0.6) is 5.75 Å². The largest absolute Gasteiger partial charge is 0.494 e. The van der Waals surface area contributed by atoms with E-state index in [2.05, 4.69) is 0 Å². The predicted octanol–water partition coefficient (Wildman–Crippen LogP) is 3.91. The molecule has 0 amide bonds. The van der Waals surface area contributed by atoms with Crippen molar-refractivity contribution in [1.29, 1.82) is 0 Å². The molecular weight excluding hydrogens is 253 g/mol. The summed E-state index contributed by atoms with van der Waals surface area (Å²) in [6.45, 7) is 4.28. The predicted molar refractivity (Wildman–Crippen MR) is 79.4 cm³/mol. The van der Waals surface area contributed by atoms with Gasteiger partial charge >= 0.3 is 0 Å². The number of aryl methyl sites for hydroxylation is 2. The van der Waals surface area contributed by atoms with Gasteiger partial charge in [-0.3, -0.25) is 0 Å². The molecule has 0 bridgehead atoms. The number of benzene rings is 2. The Labute approximate surface area is 119 Å². The molecule has 2 aromatic rings. The molecule has 0 aromatic heterocycles. The zero-order valence-corrected chi connectivity index (χ0v) is 11.9. The first-order valence-electron chi connectivity index (χ1n) is 6.77. The fourth-order valence-electron chi connectivity index (χ4n) is 2.02. The zero-order chi connectivity index (χ0) is 14.5. The maximum atomic E-state index is 13.5. The second-order valence-electron chi connectivity index (χ2n) is 5.07. The van der Waals surface area contributed by atoms with Gasteiger partial charge in [-0.25, -0.2) is 4.39 Å². The van der Waals surface area contributed by atoms with E-state index in [0.717, 1.165) is 16.9 Å². The van der Waals surface area contributed by atoms with Gasteiger partial charge in [-0.05, 0) is 48.7 Å². The average Bonchev–Trinajstić information content (AvgIpc) is 2.42. The van der Waals surface area contributed by atoms with E-state index in [1.54, 1.807) is 13.0 Å². The summed E-state index contributed by atoms with van der Waals surface area (Å²) in [6, 6.07) is 12.8. The van der Waals surface area contributed by atoms with Gasteiger partial charge < -0.3 is 10.5 Å². The van der Waals surface area contributed by atoms with Crippen LogP contribution < -0.4 is 10.5 Å². The van der Waals surface area contributed by atoms with Gasteiger partial charge in [0.25, 0.3) is 0 Å². The number of hydrogen-bond donors (Lipinski definition) is 1. The van der Waals surface area contributed by atoms with Gasteiger partial charge in [0.1, 0.15) is 11.6 Å². The molecule has 2 aromatic carbocycles. The van der Waals surface area contributed by atoms with Gasteiger partial charge in [-0.2, -0.15) is 0 Å². The lowest BCUT2D eigenvalue weighted by atomic mass is 10.0. The number of nitrogens with two attached hydrogens (primary N) is 1. The van der Waals surface area contributed by atoms with E-state index >= 15 is 0 Å². The van der Waals surface area contributed by atoms with Gasteiger partial charge in [0, 0.05) is 12.5 Å². The maximum absolute atomic E-state index is 13.5. The monoisotopic (exact) mass is 273 g/mol. The van der Waals surface area contributed by atoms with Crippen LogP contribution in [0.1, 0.15) is 29.2 Å². The van der Waals surface area contributed by atoms with Gasteiger partial charge in [-0.1, -0.05) is 24.3 Å². The molecule has 2 rings (SSSR count). The molecule has 2 N–H and O–H groups in total. The molecule has 3 heteroatoms. The smallest absolute Gasteiger partial charge is 0.126 e. The second kappa shape index (κ2) is 6.53. The van der Waals surface area contributed by atoms with E-state index in [0.29, 0.717) is 18.6 Å². The Morgan fingerprint density at radius 1 is 1.15 bits per heavy atom. The minimum atomic E-state index is -0.213. The quantitative estimate of drug-likeness (QED) is 0.896. The molecule has 0 aliphatic heterocycles. The molecule has 1 atom stereocenters. The van der Waals surface area contributed by atoms with Crippen LogP contribution >= 0.6 is 0 Å². The van der Waals surface area contributed by atoms with E-state index in [1.807, 2.05) is 37.3 Å². The average molecular weight is 273 g/mol. The number of ether oxygens (including phenoxy) is 1. The standard InChI is InChI=1S/C17H20FNO/c1-12-4-3-5-15(10-12)20-9-8-17(19)14-7-6-13(2)16(18)11-14/h3-7,10-11,17H,8-9,19H2,1-2H3. The van der Waals surface area contributed by atoms with Crippen molar-refractivity contribution in [2.24, 2.45) is 5.73 Å². The van der Waals surface area contributed by atoms with Crippen molar-refractivity contribution in [3.63, 3.8) is 0 Å². The summed E-state index contributed by atoms with van der Waals surface area (Å²) in [6.07, 6.45) is 0.649. The van der Waals surface area contributed by atoms with Crippen LogP contribution in [0.4, 0.5) is 4.39 Å². The lowest BCUT2D eigenvalue weighted by Gasteiger charge is -2.14. The van der Waals surface area contributed by atoms with Crippen molar-refractivity contribution in [2.75, 3.05) is 6.61 Å². The molecule has 20 heavy (non-hydrogen) atoms. The molecule has 0 aliphatic carbocycles. The summed E-state index contributed by atoms with van der Waals surface area (Å²) in [5.74, 6) is 0.629. The van der Waals surface area contributed by atoms with E-state index in [1.165, 1.54) is 6.07 Å². The van der Waals surface area contributed by atoms with Crippen LogP contribution in [0.2, 0.25) is 0 Å². The summed E-state index contributed by atoms with van der Waals surface area (Å²) < 4.78 is 19.1. The van der Waals surface area contributed by atoms with Crippen LogP contribution in [0.3, 0.4) is 0 Å². The highest BCUT2D eigenvalue weighted by atomic mass is 19.1. The fourth-order valence-corrected chi connectivity index (χ4v) is 2.02. The molecule has 0 fully saturated rings. The summed E-state index contributed by atoms with van der Waals surface area (Å²) in [4.78, 5) is 0. The zero-order valence-electron chi connectivity index (χ0n) is 11.9. The Hall–Kier alpha value is -1.87. The van der Waals surface area contributed by atoms with E-state index in [4.69, 9.17) is 10.5 Å². The molecule has 0 aliphatic rings. The summed E-state index contributed by atoms with van der Waals surface area (Å²) in [7, 11) is 0. The first kappa shape index (κ1) is 14.5. The second-order valence-corrected chi connectivity index (χ2v) is 5.07. The highest BCUT2D eigenvalue weighted by Gasteiger charge is 2.08. The summed E-state index contributed by atoms with van der Waals surface area (Å²) >= 11 is 0. The van der Waals surface area contributed by atoms with Crippen LogP contribution in [-0.4, -0.2) is 6.61 Å². The molecular formula is C17H20FNO. The molecule has 106 valence electrons. The topological polar surface area (TPSA) is 35.2 Å². The van der Waals surface area contributed by atoms with Gasteiger partial charge in [0.2, 0.25) is 0 Å². The SMILES string of the molecule is Cc1cccc(OCCC(N)c2ccc(C)c(F)c2)c1. The van der Waals surface area contributed by atoms with Crippen LogP contribution in [0.15, 0.2) is 42.5 Å². The fraction of sp³-hybridized carbons (Fsp3) is 0.294. The Kier molecular flexibility index (Phi) is 4.74. The first-order valence-corrected chi connectivity index (χ1v) is 6.77. The highest BCUT2D eigenvalue weighted by Crippen LogP contribution is 2.19.